The van der Waals surface area contributed by atoms with Gasteiger partial charge in [0.2, 0.25) is 0 Å². The molecule has 3 heteroatoms. The summed E-state index contributed by atoms with van der Waals surface area (Å²) in [5.41, 5.74) is 5.95. The van der Waals surface area contributed by atoms with E-state index >= 15 is 0 Å². The highest BCUT2D eigenvalue weighted by Gasteiger charge is 2.35. The molecule has 17 heavy (non-hydrogen) atoms. The van der Waals surface area contributed by atoms with Crippen molar-refractivity contribution in [2.24, 2.45) is 11.7 Å². The number of ether oxygens (including phenoxy) is 1. The van der Waals surface area contributed by atoms with E-state index in [4.69, 9.17) is 10.5 Å². The maximum absolute atomic E-state index is 6.07. The molecule has 3 unspecified atom stereocenters. The van der Waals surface area contributed by atoms with Crippen molar-refractivity contribution >= 4 is 0 Å². The number of likely N-dealkylation sites (N-methyl/N-ethyl adjacent to an activating group) is 1. The molecule has 2 fully saturated rings. The lowest BCUT2D eigenvalue weighted by Gasteiger charge is -2.31. The van der Waals surface area contributed by atoms with Gasteiger partial charge in [-0.2, -0.15) is 0 Å². The van der Waals surface area contributed by atoms with Crippen LogP contribution in [0.5, 0.6) is 0 Å². The van der Waals surface area contributed by atoms with Crippen molar-refractivity contribution in [2.75, 3.05) is 20.1 Å². The van der Waals surface area contributed by atoms with E-state index in [0.29, 0.717) is 18.1 Å². The van der Waals surface area contributed by atoms with Crippen LogP contribution in [-0.2, 0) is 4.74 Å². The topological polar surface area (TPSA) is 38.5 Å². The zero-order valence-corrected chi connectivity index (χ0v) is 11.6. The lowest BCUT2D eigenvalue weighted by Crippen LogP contribution is -2.42. The van der Waals surface area contributed by atoms with Gasteiger partial charge in [0.25, 0.3) is 0 Å². The summed E-state index contributed by atoms with van der Waals surface area (Å²) in [6, 6.07) is 0.687. The maximum Gasteiger partial charge on any atom is 0.0710 e. The quantitative estimate of drug-likeness (QED) is 0.817. The van der Waals surface area contributed by atoms with Crippen LogP contribution in [0, 0.1) is 5.92 Å². The van der Waals surface area contributed by atoms with Crippen molar-refractivity contribution in [1.82, 2.24) is 4.90 Å². The second kappa shape index (κ2) is 5.25. The summed E-state index contributed by atoms with van der Waals surface area (Å²) in [6.45, 7) is 6.31. The van der Waals surface area contributed by atoms with Gasteiger partial charge in [-0.1, -0.05) is 6.42 Å². The summed E-state index contributed by atoms with van der Waals surface area (Å²) < 4.78 is 6.07. The predicted octanol–water partition coefficient (Wildman–Crippen LogP) is 2.00. The third kappa shape index (κ3) is 3.21. The summed E-state index contributed by atoms with van der Waals surface area (Å²) in [7, 11) is 2.24. The number of hydrogen-bond donors (Lipinski definition) is 1. The molecule has 1 heterocycles. The van der Waals surface area contributed by atoms with Gasteiger partial charge in [-0.15, -0.1) is 0 Å². The SMILES string of the molecule is CN(CC1CCC(C)(C)O1)C1CCCC1CN. The van der Waals surface area contributed by atoms with E-state index in [0.717, 1.165) is 13.1 Å². The second-order valence-corrected chi connectivity index (χ2v) is 6.47. The molecule has 3 nitrogen and oxygen atoms in total. The monoisotopic (exact) mass is 240 g/mol. The molecule has 1 saturated heterocycles. The number of hydrogen-bond acceptors (Lipinski definition) is 3. The Morgan fingerprint density at radius 2 is 2.06 bits per heavy atom. The van der Waals surface area contributed by atoms with E-state index in [9.17, 15) is 0 Å². The molecule has 0 radical (unpaired) electrons. The first-order valence-corrected chi connectivity index (χ1v) is 7.10. The first kappa shape index (κ1) is 13.3. The minimum atomic E-state index is 0.0917. The van der Waals surface area contributed by atoms with Crippen molar-refractivity contribution in [3.63, 3.8) is 0 Å². The Balaban J connectivity index is 1.83. The van der Waals surface area contributed by atoms with Crippen LogP contribution in [0.1, 0.15) is 46.0 Å². The highest BCUT2D eigenvalue weighted by Crippen LogP contribution is 2.32. The second-order valence-electron chi connectivity index (χ2n) is 6.47. The van der Waals surface area contributed by atoms with Crippen LogP contribution < -0.4 is 5.73 Å². The molecule has 0 aromatic carbocycles. The molecular formula is C14H28N2O. The molecule has 3 atom stereocenters. The van der Waals surface area contributed by atoms with E-state index < -0.39 is 0 Å². The van der Waals surface area contributed by atoms with Crippen LogP contribution in [0.4, 0.5) is 0 Å². The van der Waals surface area contributed by atoms with Gasteiger partial charge in [-0.25, -0.2) is 0 Å². The first-order valence-electron chi connectivity index (χ1n) is 7.10. The molecule has 0 spiro atoms. The first-order chi connectivity index (χ1) is 8.02. The molecule has 0 amide bonds. The van der Waals surface area contributed by atoms with Crippen molar-refractivity contribution in [2.45, 2.75) is 63.7 Å². The van der Waals surface area contributed by atoms with Crippen molar-refractivity contribution < 1.29 is 4.74 Å². The minimum absolute atomic E-state index is 0.0917. The summed E-state index contributed by atoms with van der Waals surface area (Å²) in [5, 5.41) is 0. The Morgan fingerprint density at radius 1 is 1.29 bits per heavy atom. The van der Waals surface area contributed by atoms with Crippen LogP contribution in [0.2, 0.25) is 0 Å². The van der Waals surface area contributed by atoms with Gasteiger partial charge in [-0.3, -0.25) is 0 Å². The Kier molecular flexibility index (Phi) is 4.11. The summed E-state index contributed by atoms with van der Waals surface area (Å²) in [5.74, 6) is 0.703. The van der Waals surface area contributed by atoms with Gasteiger partial charge >= 0.3 is 0 Å². The smallest absolute Gasteiger partial charge is 0.0710 e. The molecule has 1 aliphatic heterocycles. The maximum atomic E-state index is 6.07. The van der Waals surface area contributed by atoms with Gasteiger partial charge in [0.1, 0.15) is 0 Å². The van der Waals surface area contributed by atoms with Crippen molar-refractivity contribution in [3.8, 4) is 0 Å². The lowest BCUT2D eigenvalue weighted by atomic mass is 10.0. The molecule has 2 aliphatic rings. The highest BCUT2D eigenvalue weighted by molar-refractivity contribution is 4.88. The van der Waals surface area contributed by atoms with Crippen molar-refractivity contribution in [3.05, 3.63) is 0 Å². The minimum Gasteiger partial charge on any atom is -0.371 e. The predicted molar refractivity (Wildman–Crippen MR) is 71.0 cm³/mol. The molecule has 1 aliphatic carbocycles. The van der Waals surface area contributed by atoms with E-state index in [1.165, 1.54) is 32.1 Å². The lowest BCUT2D eigenvalue weighted by molar-refractivity contribution is -0.0317. The van der Waals surface area contributed by atoms with E-state index in [-0.39, 0.29) is 5.60 Å². The fraction of sp³-hybridized carbons (Fsp3) is 1.00. The van der Waals surface area contributed by atoms with Crippen LogP contribution in [0.25, 0.3) is 0 Å². The average molecular weight is 240 g/mol. The molecule has 100 valence electrons. The third-order valence-electron chi connectivity index (χ3n) is 4.53. The van der Waals surface area contributed by atoms with Gasteiger partial charge in [-0.05, 0) is 59.0 Å². The zero-order valence-electron chi connectivity index (χ0n) is 11.6. The highest BCUT2D eigenvalue weighted by atomic mass is 16.5. The third-order valence-corrected chi connectivity index (χ3v) is 4.53. The van der Waals surface area contributed by atoms with Crippen molar-refractivity contribution in [1.29, 1.82) is 0 Å². The Hall–Kier alpha value is -0.120. The molecule has 2 N–H and O–H groups in total. The van der Waals surface area contributed by atoms with Gasteiger partial charge < -0.3 is 15.4 Å². The zero-order chi connectivity index (χ0) is 12.5. The fourth-order valence-corrected chi connectivity index (χ4v) is 3.54. The van der Waals surface area contributed by atoms with E-state index in [2.05, 4.69) is 25.8 Å². The van der Waals surface area contributed by atoms with E-state index in [1.807, 2.05) is 0 Å². The number of nitrogens with zero attached hydrogens (tertiary/aromatic N) is 1. The molecule has 0 aromatic heterocycles. The van der Waals surface area contributed by atoms with Gasteiger partial charge in [0, 0.05) is 12.6 Å². The Labute approximate surface area is 106 Å². The molecule has 0 aromatic rings. The molecule has 1 saturated carbocycles. The standard InChI is InChI=1S/C14H28N2O/c1-14(2)8-7-12(17-14)10-16(3)13-6-4-5-11(13)9-15/h11-13H,4-10,15H2,1-3H3. The summed E-state index contributed by atoms with van der Waals surface area (Å²) in [6.07, 6.45) is 6.78. The molecule has 2 rings (SSSR count). The average Bonchev–Trinajstić information content (AvgIpc) is 2.84. The fourth-order valence-electron chi connectivity index (χ4n) is 3.54. The van der Waals surface area contributed by atoms with Gasteiger partial charge in [0.15, 0.2) is 0 Å². The molecule has 0 bridgehead atoms. The summed E-state index contributed by atoms with van der Waals surface area (Å²) >= 11 is 0. The van der Waals surface area contributed by atoms with Gasteiger partial charge in [0.05, 0.1) is 11.7 Å². The largest absolute Gasteiger partial charge is 0.371 e. The van der Waals surface area contributed by atoms with E-state index in [1.54, 1.807) is 0 Å². The Bertz CT molecular complexity index is 255. The normalized spacial score (nSPS) is 36.9. The van der Waals surface area contributed by atoms with Crippen LogP contribution in [0.3, 0.4) is 0 Å². The summed E-state index contributed by atoms with van der Waals surface area (Å²) in [4.78, 5) is 2.50. The van der Waals surface area contributed by atoms with Crippen LogP contribution in [0.15, 0.2) is 0 Å². The molecular weight excluding hydrogens is 212 g/mol. The Morgan fingerprint density at radius 3 is 2.65 bits per heavy atom. The van der Waals surface area contributed by atoms with Crippen LogP contribution in [-0.4, -0.2) is 42.8 Å². The van der Waals surface area contributed by atoms with Crippen LogP contribution >= 0.6 is 0 Å². The number of nitrogens with two attached hydrogens (primary N) is 1. The number of rotatable bonds is 4.